The van der Waals surface area contributed by atoms with E-state index in [2.05, 4.69) is 0 Å². The molecular formula is C14H25NO5. The fourth-order valence-corrected chi connectivity index (χ4v) is 2.16. The molecule has 1 fully saturated rings. The van der Waals surface area contributed by atoms with Crippen LogP contribution in [0.3, 0.4) is 0 Å². The molecule has 0 unspecified atom stereocenters. The Balaban J connectivity index is 2.34. The van der Waals surface area contributed by atoms with Gasteiger partial charge in [0.15, 0.2) is 0 Å². The fraction of sp³-hybridized carbons (Fsp3) is 0.857. The van der Waals surface area contributed by atoms with E-state index < -0.39 is 5.97 Å². The highest BCUT2D eigenvalue weighted by Crippen LogP contribution is 2.12. The summed E-state index contributed by atoms with van der Waals surface area (Å²) in [6, 6.07) is 0.0215. The minimum atomic E-state index is -0.897. The molecule has 0 spiro atoms. The lowest BCUT2D eigenvalue weighted by atomic mass is 10.2. The Morgan fingerprint density at radius 1 is 1.50 bits per heavy atom. The molecule has 6 heteroatoms. The van der Waals surface area contributed by atoms with Gasteiger partial charge in [0.2, 0.25) is 5.91 Å². The maximum Gasteiger partial charge on any atom is 0.305 e. The van der Waals surface area contributed by atoms with Gasteiger partial charge in [-0.05, 0) is 26.2 Å². The molecule has 0 saturated carbocycles. The summed E-state index contributed by atoms with van der Waals surface area (Å²) in [5.74, 6) is -1.05. The van der Waals surface area contributed by atoms with Gasteiger partial charge < -0.3 is 19.5 Å². The third kappa shape index (κ3) is 5.88. The van der Waals surface area contributed by atoms with E-state index in [1.54, 1.807) is 4.90 Å². The lowest BCUT2D eigenvalue weighted by molar-refractivity contribution is -0.142. The van der Waals surface area contributed by atoms with E-state index in [4.69, 9.17) is 14.6 Å². The summed E-state index contributed by atoms with van der Waals surface area (Å²) in [6.45, 7) is 5.30. The summed E-state index contributed by atoms with van der Waals surface area (Å²) in [6.07, 6.45) is 2.86. The summed E-state index contributed by atoms with van der Waals surface area (Å²) < 4.78 is 10.8. The van der Waals surface area contributed by atoms with Crippen LogP contribution in [0.15, 0.2) is 0 Å². The summed E-state index contributed by atoms with van der Waals surface area (Å²) in [5, 5.41) is 8.73. The Kier molecular flexibility index (Phi) is 7.54. The van der Waals surface area contributed by atoms with Crippen molar-refractivity contribution >= 4 is 11.9 Å². The second-order valence-electron chi connectivity index (χ2n) is 5.14. The largest absolute Gasteiger partial charge is 0.481 e. The standard InChI is InChI=1S/C14H25NO5/c1-3-11(2)15(7-6-14(17)18)13(16)10-19-9-12-5-4-8-20-12/h11-12H,3-10H2,1-2H3,(H,17,18)/t11-,12-/m0/s1. The van der Waals surface area contributed by atoms with Crippen molar-refractivity contribution in [3.8, 4) is 0 Å². The maximum absolute atomic E-state index is 12.1. The Morgan fingerprint density at radius 2 is 2.25 bits per heavy atom. The van der Waals surface area contributed by atoms with Crippen molar-refractivity contribution in [3.05, 3.63) is 0 Å². The molecule has 0 aromatic carbocycles. The molecule has 6 nitrogen and oxygen atoms in total. The Morgan fingerprint density at radius 3 is 2.80 bits per heavy atom. The number of carboxylic acids is 1. The van der Waals surface area contributed by atoms with Crippen LogP contribution >= 0.6 is 0 Å². The van der Waals surface area contributed by atoms with Gasteiger partial charge in [-0.2, -0.15) is 0 Å². The van der Waals surface area contributed by atoms with Gasteiger partial charge in [0.1, 0.15) is 6.61 Å². The molecule has 2 atom stereocenters. The molecule has 0 bridgehead atoms. The normalized spacial score (nSPS) is 19.8. The van der Waals surface area contributed by atoms with Crippen molar-refractivity contribution < 1.29 is 24.2 Å². The molecule has 1 saturated heterocycles. The molecule has 20 heavy (non-hydrogen) atoms. The minimum Gasteiger partial charge on any atom is -0.481 e. The number of ether oxygens (including phenoxy) is 2. The van der Waals surface area contributed by atoms with Crippen LogP contribution in [0.2, 0.25) is 0 Å². The quantitative estimate of drug-likeness (QED) is 0.691. The molecule has 1 aliphatic rings. The number of hydrogen-bond donors (Lipinski definition) is 1. The number of amides is 1. The predicted molar refractivity (Wildman–Crippen MR) is 73.5 cm³/mol. The monoisotopic (exact) mass is 287 g/mol. The number of hydrogen-bond acceptors (Lipinski definition) is 4. The van der Waals surface area contributed by atoms with E-state index in [1.807, 2.05) is 13.8 Å². The van der Waals surface area contributed by atoms with Gasteiger partial charge in [0, 0.05) is 19.2 Å². The van der Waals surface area contributed by atoms with Crippen LogP contribution in [0.5, 0.6) is 0 Å². The van der Waals surface area contributed by atoms with Crippen LogP contribution in [0, 0.1) is 0 Å². The molecule has 1 rings (SSSR count). The first-order valence-corrected chi connectivity index (χ1v) is 7.25. The number of rotatable bonds is 9. The van der Waals surface area contributed by atoms with Gasteiger partial charge in [0.25, 0.3) is 0 Å². The molecule has 1 amide bonds. The highest BCUT2D eigenvalue weighted by Gasteiger charge is 2.21. The lowest BCUT2D eigenvalue weighted by Crippen LogP contribution is -2.42. The molecular weight excluding hydrogens is 262 g/mol. The second-order valence-corrected chi connectivity index (χ2v) is 5.14. The third-order valence-electron chi connectivity index (χ3n) is 3.56. The molecule has 0 aliphatic carbocycles. The SMILES string of the molecule is CC[C@H](C)N(CCC(=O)O)C(=O)COC[C@@H]1CCCO1. The molecule has 0 radical (unpaired) electrons. The van der Waals surface area contributed by atoms with Crippen molar-refractivity contribution in [2.24, 2.45) is 0 Å². The maximum atomic E-state index is 12.1. The Labute approximate surface area is 120 Å². The molecule has 0 aromatic heterocycles. The lowest BCUT2D eigenvalue weighted by Gasteiger charge is -2.28. The van der Waals surface area contributed by atoms with E-state index in [9.17, 15) is 9.59 Å². The van der Waals surface area contributed by atoms with Crippen molar-refractivity contribution in [1.29, 1.82) is 0 Å². The first-order valence-electron chi connectivity index (χ1n) is 7.25. The number of carbonyl (C=O) groups is 2. The van der Waals surface area contributed by atoms with Crippen molar-refractivity contribution in [1.82, 2.24) is 4.90 Å². The van der Waals surface area contributed by atoms with Crippen LogP contribution in [-0.4, -0.2) is 60.4 Å². The summed E-state index contributed by atoms with van der Waals surface area (Å²) in [7, 11) is 0. The zero-order chi connectivity index (χ0) is 15.0. The van der Waals surface area contributed by atoms with Crippen LogP contribution in [-0.2, 0) is 19.1 Å². The van der Waals surface area contributed by atoms with E-state index in [0.717, 1.165) is 25.9 Å². The fourth-order valence-electron chi connectivity index (χ4n) is 2.16. The smallest absolute Gasteiger partial charge is 0.305 e. The highest BCUT2D eigenvalue weighted by atomic mass is 16.5. The first kappa shape index (κ1) is 16.9. The van der Waals surface area contributed by atoms with Crippen LogP contribution in [0.1, 0.15) is 39.5 Å². The van der Waals surface area contributed by atoms with Gasteiger partial charge in [-0.15, -0.1) is 0 Å². The highest BCUT2D eigenvalue weighted by molar-refractivity contribution is 5.78. The molecule has 1 N–H and O–H groups in total. The van der Waals surface area contributed by atoms with Gasteiger partial charge >= 0.3 is 5.97 Å². The van der Waals surface area contributed by atoms with E-state index in [0.29, 0.717) is 6.61 Å². The molecule has 1 heterocycles. The number of nitrogens with zero attached hydrogens (tertiary/aromatic N) is 1. The minimum absolute atomic E-state index is 0.0101. The van der Waals surface area contributed by atoms with Crippen molar-refractivity contribution in [2.75, 3.05) is 26.4 Å². The number of carboxylic acid groups (broad SMARTS) is 1. The van der Waals surface area contributed by atoms with E-state index in [-0.39, 0.29) is 37.6 Å². The number of carbonyl (C=O) groups excluding carboxylic acids is 1. The zero-order valence-electron chi connectivity index (χ0n) is 12.3. The average Bonchev–Trinajstić information content (AvgIpc) is 2.91. The Hall–Kier alpha value is -1.14. The molecule has 116 valence electrons. The predicted octanol–water partition coefficient (Wildman–Crippen LogP) is 1.28. The van der Waals surface area contributed by atoms with E-state index >= 15 is 0 Å². The average molecular weight is 287 g/mol. The summed E-state index contributed by atoms with van der Waals surface area (Å²) in [5.41, 5.74) is 0. The van der Waals surface area contributed by atoms with E-state index in [1.165, 1.54) is 0 Å². The third-order valence-corrected chi connectivity index (χ3v) is 3.56. The van der Waals surface area contributed by atoms with Crippen molar-refractivity contribution in [2.45, 2.75) is 51.7 Å². The van der Waals surface area contributed by atoms with Gasteiger partial charge in [-0.25, -0.2) is 0 Å². The van der Waals surface area contributed by atoms with Gasteiger partial charge in [-0.3, -0.25) is 9.59 Å². The number of aliphatic carboxylic acids is 1. The first-order chi connectivity index (χ1) is 9.54. The summed E-state index contributed by atoms with van der Waals surface area (Å²) in [4.78, 5) is 24.3. The molecule has 0 aromatic rings. The van der Waals surface area contributed by atoms with Gasteiger partial charge in [-0.1, -0.05) is 6.92 Å². The summed E-state index contributed by atoms with van der Waals surface area (Å²) >= 11 is 0. The topological polar surface area (TPSA) is 76.1 Å². The van der Waals surface area contributed by atoms with Crippen LogP contribution in [0.25, 0.3) is 0 Å². The second kappa shape index (κ2) is 8.92. The van der Waals surface area contributed by atoms with Crippen LogP contribution < -0.4 is 0 Å². The van der Waals surface area contributed by atoms with Crippen molar-refractivity contribution in [3.63, 3.8) is 0 Å². The zero-order valence-corrected chi connectivity index (χ0v) is 12.3. The van der Waals surface area contributed by atoms with Gasteiger partial charge in [0.05, 0.1) is 19.1 Å². The van der Waals surface area contributed by atoms with Crippen LogP contribution in [0.4, 0.5) is 0 Å². The Bertz CT molecular complexity index is 315. The molecule has 1 aliphatic heterocycles.